The summed E-state index contributed by atoms with van der Waals surface area (Å²) >= 11 is 0. The van der Waals surface area contributed by atoms with Crippen molar-refractivity contribution in [1.82, 2.24) is 14.8 Å². The molecule has 3 nitrogen and oxygen atoms in total. The van der Waals surface area contributed by atoms with Gasteiger partial charge >= 0.3 is 0 Å². The molecule has 2 heterocycles. The van der Waals surface area contributed by atoms with E-state index in [0.717, 1.165) is 13.1 Å². The molecule has 1 fully saturated rings. The Balaban J connectivity index is 1.70. The summed E-state index contributed by atoms with van der Waals surface area (Å²) in [6.45, 7) is 10.3. The number of hydrogen-bond acceptors (Lipinski definition) is 2. The molecule has 1 aromatic rings. The molecule has 0 bridgehead atoms. The standard InChI is InChI=1S/C15H27N3/c1-13-11-15(14(2)17(13)3)12-16-7-10-18-8-5-4-6-9-18/h11,16H,4-10,12H2,1-3H3. The molecule has 0 aromatic carbocycles. The van der Waals surface area contributed by atoms with E-state index >= 15 is 0 Å². The van der Waals surface area contributed by atoms with Crippen molar-refractivity contribution in [2.24, 2.45) is 7.05 Å². The monoisotopic (exact) mass is 249 g/mol. The second kappa shape index (κ2) is 6.39. The van der Waals surface area contributed by atoms with Gasteiger partial charge in [-0.2, -0.15) is 0 Å². The highest BCUT2D eigenvalue weighted by Gasteiger charge is 2.09. The van der Waals surface area contributed by atoms with Gasteiger partial charge in [0.05, 0.1) is 0 Å². The Morgan fingerprint density at radius 1 is 1.17 bits per heavy atom. The van der Waals surface area contributed by atoms with Crippen molar-refractivity contribution in [3.8, 4) is 0 Å². The van der Waals surface area contributed by atoms with Crippen LogP contribution < -0.4 is 5.32 Å². The molecule has 0 saturated carbocycles. The Morgan fingerprint density at radius 3 is 2.50 bits per heavy atom. The lowest BCUT2D eigenvalue weighted by molar-refractivity contribution is 0.229. The molecule has 102 valence electrons. The maximum absolute atomic E-state index is 3.58. The molecule has 1 saturated heterocycles. The molecule has 0 unspecified atom stereocenters. The molecule has 0 aliphatic carbocycles. The maximum Gasteiger partial charge on any atom is 0.0223 e. The van der Waals surface area contributed by atoms with Crippen LogP contribution in [0.15, 0.2) is 6.07 Å². The molecular formula is C15H27N3. The first-order chi connectivity index (χ1) is 8.68. The zero-order valence-electron chi connectivity index (χ0n) is 12.1. The van der Waals surface area contributed by atoms with Gasteiger partial charge < -0.3 is 14.8 Å². The van der Waals surface area contributed by atoms with Crippen LogP contribution in [-0.2, 0) is 13.6 Å². The van der Waals surface area contributed by atoms with Crippen molar-refractivity contribution < 1.29 is 0 Å². The SMILES string of the molecule is Cc1cc(CNCCN2CCCCC2)c(C)n1C. The van der Waals surface area contributed by atoms with Gasteiger partial charge in [-0.15, -0.1) is 0 Å². The Hall–Kier alpha value is -0.800. The molecule has 1 N–H and O–H groups in total. The van der Waals surface area contributed by atoms with Crippen molar-refractivity contribution in [2.45, 2.75) is 39.7 Å². The highest BCUT2D eigenvalue weighted by atomic mass is 15.1. The second-order valence-corrected chi connectivity index (χ2v) is 5.53. The summed E-state index contributed by atoms with van der Waals surface area (Å²) in [5.74, 6) is 0. The van der Waals surface area contributed by atoms with Gasteiger partial charge in [0.25, 0.3) is 0 Å². The van der Waals surface area contributed by atoms with Crippen molar-refractivity contribution in [2.75, 3.05) is 26.2 Å². The molecule has 1 aliphatic rings. The number of nitrogens with zero attached hydrogens (tertiary/aromatic N) is 2. The largest absolute Gasteiger partial charge is 0.352 e. The lowest BCUT2D eigenvalue weighted by atomic mass is 10.1. The van der Waals surface area contributed by atoms with E-state index in [1.54, 1.807) is 0 Å². The number of hydrogen-bond donors (Lipinski definition) is 1. The van der Waals surface area contributed by atoms with Gasteiger partial charge in [0, 0.05) is 38.1 Å². The van der Waals surface area contributed by atoms with E-state index < -0.39 is 0 Å². The predicted octanol–water partition coefficient (Wildman–Crippen LogP) is 2.22. The number of aromatic nitrogens is 1. The van der Waals surface area contributed by atoms with E-state index in [9.17, 15) is 0 Å². The molecule has 0 atom stereocenters. The van der Waals surface area contributed by atoms with Crippen LogP contribution >= 0.6 is 0 Å². The van der Waals surface area contributed by atoms with Gasteiger partial charge in [-0.05, 0) is 51.4 Å². The van der Waals surface area contributed by atoms with Crippen molar-refractivity contribution >= 4 is 0 Å². The molecule has 3 heteroatoms. The van der Waals surface area contributed by atoms with E-state index in [1.165, 1.54) is 55.8 Å². The van der Waals surface area contributed by atoms with Crippen LogP contribution in [0.3, 0.4) is 0 Å². The Morgan fingerprint density at radius 2 is 1.89 bits per heavy atom. The highest BCUT2D eigenvalue weighted by molar-refractivity contribution is 5.26. The number of aryl methyl sites for hydroxylation is 1. The summed E-state index contributed by atoms with van der Waals surface area (Å²) in [5.41, 5.74) is 4.17. The minimum absolute atomic E-state index is 1.00. The van der Waals surface area contributed by atoms with Gasteiger partial charge in [-0.1, -0.05) is 6.42 Å². The smallest absolute Gasteiger partial charge is 0.0223 e. The van der Waals surface area contributed by atoms with Gasteiger partial charge in [0.1, 0.15) is 0 Å². The Bertz CT molecular complexity index is 375. The normalized spacial score (nSPS) is 17.3. The Labute approximate surface area is 111 Å². The molecule has 2 rings (SSSR count). The molecule has 0 amide bonds. The average molecular weight is 249 g/mol. The van der Waals surface area contributed by atoms with Gasteiger partial charge in [0.2, 0.25) is 0 Å². The minimum Gasteiger partial charge on any atom is -0.352 e. The molecule has 1 aromatic heterocycles. The molecule has 1 aliphatic heterocycles. The van der Waals surface area contributed by atoms with E-state index in [-0.39, 0.29) is 0 Å². The second-order valence-electron chi connectivity index (χ2n) is 5.53. The number of nitrogens with one attached hydrogen (secondary N) is 1. The van der Waals surface area contributed by atoms with Crippen LogP contribution in [0, 0.1) is 13.8 Å². The fraction of sp³-hybridized carbons (Fsp3) is 0.733. The zero-order chi connectivity index (χ0) is 13.0. The summed E-state index contributed by atoms with van der Waals surface area (Å²) in [7, 11) is 2.14. The van der Waals surface area contributed by atoms with E-state index in [4.69, 9.17) is 0 Å². The van der Waals surface area contributed by atoms with E-state index in [1.807, 2.05) is 0 Å². The third-order valence-electron chi connectivity index (χ3n) is 4.25. The van der Waals surface area contributed by atoms with E-state index in [2.05, 4.69) is 41.7 Å². The van der Waals surface area contributed by atoms with Crippen LogP contribution in [-0.4, -0.2) is 35.6 Å². The molecule has 0 radical (unpaired) electrons. The van der Waals surface area contributed by atoms with Crippen LogP contribution in [0.25, 0.3) is 0 Å². The highest BCUT2D eigenvalue weighted by Crippen LogP contribution is 2.12. The average Bonchev–Trinajstić information content (AvgIpc) is 2.64. The minimum atomic E-state index is 1.00. The third-order valence-corrected chi connectivity index (χ3v) is 4.25. The van der Waals surface area contributed by atoms with Crippen LogP contribution in [0.1, 0.15) is 36.2 Å². The Kier molecular flexibility index (Phi) is 4.84. The van der Waals surface area contributed by atoms with Crippen LogP contribution in [0.5, 0.6) is 0 Å². The molecule has 0 spiro atoms. The summed E-state index contributed by atoms with van der Waals surface area (Å²) in [6, 6.07) is 2.29. The lowest BCUT2D eigenvalue weighted by Crippen LogP contribution is -2.35. The van der Waals surface area contributed by atoms with Crippen molar-refractivity contribution in [3.63, 3.8) is 0 Å². The number of piperidine rings is 1. The van der Waals surface area contributed by atoms with Gasteiger partial charge in [-0.25, -0.2) is 0 Å². The first-order valence-electron chi connectivity index (χ1n) is 7.23. The summed E-state index contributed by atoms with van der Waals surface area (Å²) in [4.78, 5) is 2.58. The third kappa shape index (κ3) is 3.36. The quantitative estimate of drug-likeness (QED) is 0.808. The first-order valence-corrected chi connectivity index (χ1v) is 7.23. The van der Waals surface area contributed by atoms with Crippen molar-refractivity contribution in [1.29, 1.82) is 0 Å². The summed E-state index contributed by atoms with van der Waals surface area (Å²) in [6.07, 6.45) is 4.19. The summed E-state index contributed by atoms with van der Waals surface area (Å²) < 4.78 is 2.27. The summed E-state index contributed by atoms with van der Waals surface area (Å²) in [5, 5.41) is 3.58. The zero-order valence-corrected chi connectivity index (χ0v) is 12.1. The van der Waals surface area contributed by atoms with Gasteiger partial charge in [-0.3, -0.25) is 0 Å². The van der Waals surface area contributed by atoms with Crippen LogP contribution in [0.4, 0.5) is 0 Å². The lowest BCUT2D eigenvalue weighted by Gasteiger charge is -2.26. The van der Waals surface area contributed by atoms with Gasteiger partial charge in [0.15, 0.2) is 0 Å². The molecule has 18 heavy (non-hydrogen) atoms. The fourth-order valence-electron chi connectivity index (χ4n) is 2.76. The fourth-order valence-corrected chi connectivity index (χ4v) is 2.76. The first kappa shape index (κ1) is 13.6. The maximum atomic E-state index is 3.58. The number of likely N-dealkylation sites (tertiary alicyclic amines) is 1. The number of rotatable bonds is 5. The van der Waals surface area contributed by atoms with Crippen molar-refractivity contribution in [3.05, 3.63) is 23.0 Å². The topological polar surface area (TPSA) is 20.2 Å². The molecular weight excluding hydrogens is 222 g/mol. The van der Waals surface area contributed by atoms with E-state index in [0.29, 0.717) is 0 Å². The predicted molar refractivity (Wildman–Crippen MR) is 76.9 cm³/mol. The van der Waals surface area contributed by atoms with Crippen LogP contribution in [0.2, 0.25) is 0 Å².